The summed E-state index contributed by atoms with van der Waals surface area (Å²) < 4.78 is 14.9. The molecule has 136 valence electrons. The summed E-state index contributed by atoms with van der Waals surface area (Å²) in [7, 11) is 1.21. The molecule has 0 bridgehead atoms. The summed E-state index contributed by atoms with van der Waals surface area (Å²) in [6.45, 7) is 5.11. The molecule has 1 aromatic rings. The van der Waals surface area contributed by atoms with Crippen LogP contribution in [0.4, 0.5) is 9.59 Å². The Morgan fingerprint density at radius 3 is 2.44 bits per heavy atom. The maximum absolute atomic E-state index is 12.1. The summed E-state index contributed by atoms with van der Waals surface area (Å²) in [5.74, 6) is -0.692. The van der Waals surface area contributed by atoms with Crippen molar-refractivity contribution in [3.8, 4) is 0 Å². The van der Waals surface area contributed by atoms with E-state index in [0.29, 0.717) is 6.42 Å². The molecule has 2 amide bonds. The molecule has 0 radical (unpaired) electrons. The van der Waals surface area contributed by atoms with Crippen LogP contribution in [0.15, 0.2) is 30.3 Å². The van der Waals surface area contributed by atoms with Crippen LogP contribution in [0, 0.1) is 0 Å². The maximum Gasteiger partial charge on any atom is 0.430 e. The van der Waals surface area contributed by atoms with Crippen molar-refractivity contribution < 1.29 is 28.6 Å². The van der Waals surface area contributed by atoms with E-state index in [-0.39, 0.29) is 0 Å². The molecule has 0 spiro atoms. The smallest absolute Gasteiger partial charge is 0.430 e. The van der Waals surface area contributed by atoms with Crippen molar-refractivity contribution in [2.75, 3.05) is 7.11 Å². The molecule has 1 fully saturated rings. The number of hydrogen-bond acceptors (Lipinski definition) is 6. The molecule has 25 heavy (non-hydrogen) atoms. The van der Waals surface area contributed by atoms with Gasteiger partial charge in [0.1, 0.15) is 11.6 Å². The molecule has 1 aliphatic rings. The normalized spacial score (nSPS) is 20.0. The molecule has 0 aliphatic carbocycles. The molecule has 0 aromatic heterocycles. The molecule has 0 saturated carbocycles. The number of carbonyl (C=O) groups excluding carboxylic acids is 3. The average molecular weight is 350 g/mol. The minimum absolute atomic E-state index is 0.294. The first-order valence-corrected chi connectivity index (χ1v) is 7.82. The minimum atomic E-state index is -1.15. The summed E-state index contributed by atoms with van der Waals surface area (Å²) in [5.41, 5.74) is 2.49. The Labute approximate surface area is 146 Å². The number of nitrogens with one attached hydrogen (secondary N) is 1. The number of benzene rings is 1. The second-order valence-corrected chi connectivity index (χ2v) is 6.57. The molecule has 0 unspecified atom stereocenters. The number of rotatable bonds is 4. The van der Waals surface area contributed by atoms with E-state index < -0.39 is 35.9 Å². The van der Waals surface area contributed by atoms with Gasteiger partial charge in [0.2, 0.25) is 6.10 Å². The highest BCUT2D eigenvalue weighted by atomic mass is 16.6. The van der Waals surface area contributed by atoms with Crippen molar-refractivity contribution in [2.24, 2.45) is 0 Å². The van der Waals surface area contributed by atoms with E-state index in [9.17, 15) is 14.4 Å². The average Bonchev–Trinajstić information content (AvgIpc) is 2.82. The van der Waals surface area contributed by atoms with Crippen LogP contribution >= 0.6 is 0 Å². The molecule has 1 aromatic carbocycles. The molecule has 1 heterocycles. The monoisotopic (exact) mass is 350 g/mol. The van der Waals surface area contributed by atoms with E-state index in [0.717, 1.165) is 10.6 Å². The Morgan fingerprint density at radius 1 is 1.24 bits per heavy atom. The van der Waals surface area contributed by atoms with Gasteiger partial charge in [0.25, 0.3) is 0 Å². The van der Waals surface area contributed by atoms with Gasteiger partial charge in [-0.3, -0.25) is 0 Å². The largest absolute Gasteiger partial charge is 0.466 e. The van der Waals surface area contributed by atoms with Crippen LogP contribution in [-0.2, 0) is 25.4 Å². The van der Waals surface area contributed by atoms with Crippen molar-refractivity contribution >= 4 is 18.2 Å². The second kappa shape index (κ2) is 7.42. The van der Waals surface area contributed by atoms with Gasteiger partial charge in [-0.05, 0) is 32.8 Å². The van der Waals surface area contributed by atoms with Gasteiger partial charge < -0.3 is 14.2 Å². The van der Waals surface area contributed by atoms with Crippen molar-refractivity contribution in [3.05, 3.63) is 35.9 Å². The molecule has 2 rings (SSSR count). The number of methoxy groups -OCH3 is 1. The van der Waals surface area contributed by atoms with Gasteiger partial charge in [-0.15, -0.1) is 0 Å². The van der Waals surface area contributed by atoms with E-state index in [1.807, 2.05) is 30.3 Å². The Bertz CT molecular complexity index is 640. The molecule has 8 heteroatoms. The third-order valence-electron chi connectivity index (χ3n) is 3.44. The van der Waals surface area contributed by atoms with E-state index in [2.05, 4.69) is 5.43 Å². The Balaban J connectivity index is 2.20. The fourth-order valence-corrected chi connectivity index (χ4v) is 2.42. The van der Waals surface area contributed by atoms with Crippen molar-refractivity contribution in [3.63, 3.8) is 0 Å². The second-order valence-electron chi connectivity index (χ2n) is 6.57. The summed E-state index contributed by atoms with van der Waals surface area (Å²) in [5, 5.41) is 0.975. The topological polar surface area (TPSA) is 94.2 Å². The first kappa shape index (κ1) is 18.6. The highest BCUT2D eigenvalue weighted by Gasteiger charge is 2.48. The van der Waals surface area contributed by atoms with Crippen molar-refractivity contribution in [2.45, 2.75) is 44.9 Å². The Kier molecular flexibility index (Phi) is 5.51. The van der Waals surface area contributed by atoms with Gasteiger partial charge >= 0.3 is 18.2 Å². The maximum atomic E-state index is 12.1. The third-order valence-corrected chi connectivity index (χ3v) is 3.44. The van der Waals surface area contributed by atoms with Crippen LogP contribution in [0.3, 0.4) is 0 Å². The van der Waals surface area contributed by atoms with Crippen LogP contribution in [-0.4, -0.2) is 48.0 Å². The third kappa shape index (κ3) is 4.85. The molecule has 2 atom stereocenters. The number of nitrogens with zero attached hydrogens (tertiary/aromatic N) is 1. The Hall–Kier alpha value is -2.77. The highest BCUT2D eigenvalue weighted by molar-refractivity contribution is 5.84. The fraction of sp³-hybridized carbons (Fsp3) is 0.471. The van der Waals surface area contributed by atoms with E-state index in [1.54, 1.807) is 20.8 Å². The number of hydrogen-bond donors (Lipinski definition) is 1. The molecular weight excluding hydrogens is 328 g/mol. The summed E-state index contributed by atoms with van der Waals surface area (Å²) in [6.07, 6.45) is -2.51. The van der Waals surface area contributed by atoms with Gasteiger partial charge in [0.15, 0.2) is 0 Å². The van der Waals surface area contributed by atoms with Crippen LogP contribution < -0.4 is 5.43 Å². The zero-order chi connectivity index (χ0) is 18.6. The predicted molar refractivity (Wildman–Crippen MR) is 87.4 cm³/mol. The van der Waals surface area contributed by atoms with Crippen molar-refractivity contribution in [1.82, 2.24) is 10.4 Å². The van der Waals surface area contributed by atoms with Gasteiger partial charge in [0.05, 0.1) is 7.11 Å². The molecular formula is C17H22N2O6. The predicted octanol–water partition coefficient (Wildman–Crippen LogP) is 2.03. The summed E-state index contributed by atoms with van der Waals surface area (Å²) >= 11 is 0. The van der Waals surface area contributed by atoms with Gasteiger partial charge in [-0.25, -0.2) is 24.8 Å². The molecule has 8 nitrogen and oxygen atoms in total. The van der Waals surface area contributed by atoms with Gasteiger partial charge in [-0.1, -0.05) is 30.3 Å². The Morgan fingerprint density at radius 2 is 1.88 bits per heavy atom. The minimum Gasteiger partial charge on any atom is -0.466 e. The lowest BCUT2D eigenvalue weighted by Crippen LogP contribution is -2.52. The molecule has 1 saturated heterocycles. The van der Waals surface area contributed by atoms with E-state index >= 15 is 0 Å². The summed E-state index contributed by atoms with van der Waals surface area (Å²) in [6, 6.07) is 8.48. The molecule has 1 N–H and O–H groups in total. The number of cyclic esters (lactones) is 1. The highest BCUT2D eigenvalue weighted by Crippen LogP contribution is 2.23. The lowest BCUT2D eigenvalue weighted by molar-refractivity contribution is -0.150. The van der Waals surface area contributed by atoms with Crippen LogP contribution in [0.2, 0.25) is 0 Å². The first-order chi connectivity index (χ1) is 11.7. The first-order valence-electron chi connectivity index (χ1n) is 7.82. The number of amides is 2. The molecule has 1 aliphatic heterocycles. The van der Waals surface area contributed by atoms with E-state index in [4.69, 9.17) is 14.2 Å². The summed E-state index contributed by atoms with van der Waals surface area (Å²) in [4.78, 5) is 36.1. The zero-order valence-corrected chi connectivity index (χ0v) is 14.6. The standard InChI is InChI=1S/C17H22N2O6/c1-17(2,3)25-15(21)18-19-12(10-11-8-6-5-7-9-11)13(14(20)23-4)24-16(19)22/h5-9,12-13H,10H2,1-4H3,(H,18,21)/t12-,13+/m0/s1. The number of ether oxygens (including phenoxy) is 3. The van der Waals surface area contributed by atoms with Gasteiger partial charge in [0, 0.05) is 0 Å². The number of carbonyl (C=O) groups is 3. The number of esters is 1. The van der Waals surface area contributed by atoms with Crippen LogP contribution in [0.25, 0.3) is 0 Å². The fourth-order valence-electron chi connectivity index (χ4n) is 2.42. The lowest BCUT2D eigenvalue weighted by Gasteiger charge is -2.26. The quantitative estimate of drug-likeness (QED) is 0.660. The van der Waals surface area contributed by atoms with Crippen molar-refractivity contribution in [1.29, 1.82) is 0 Å². The van der Waals surface area contributed by atoms with Gasteiger partial charge in [-0.2, -0.15) is 0 Å². The van der Waals surface area contributed by atoms with Crippen LogP contribution in [0.5, 0.6) is 0 Å². The SMILES string of the molecule is COC(=O)[C@@H]1OC(=O)N(NC(=O)OC(C)(C)C)[C@H]1Cc1ccccc1. The van der Waals surface area contributed by atoms with E-state index in [1.165, 1.54) is 7.11 Å². The lowest BCUT2D eigenvalue weighted by atomic mass is 10.0. The number of hydrazine groups is 1. The zero-order valence-electron chi connectivity index (χ0n) is 14.6. The van der Waals surface area contributed by atoms with Crippen LogP contribution in [0.1, 0.15) is 26.3 Å².